The predicted octanol–water partition coefficient (Wildman–Crippen LogP) is 3.57. The van der Waals surface area contributed by atoms with Crippen molar-refractivity contribution >= 4 is 28.9 Å². The molecule has 1 amide bonds. The Bertz CT molecular complexity index is 707. The normalized spacial score (nSPS) is 9.76. The molecule has 106 valence electrons. The summed E-state index contributed by atoms with van der Waals surface area (Å²) in [6.45, 7) is 2.03. The first kappa shape index (κ1) is 14.9. The fourth-order valence-corrected chi connectivity index (χ4v) is 2.02. The molecule has 2 aromatic rings. The van der Waals surface area contributed by atoms with Crippen molar-refractivity contribution in [2.75, 3.05) is 17.2 Å². The second-order valence-electron chi connectivity index (χ2n) is 4.55. The molecule has 5 heteroatoms. The highest BCUT2D eigenvalue weighted by Gasteiger charge is 2.05. The molecule has 0 aromatic heterocycles. The van der Waals surface area contributed by atoms with Crippen molar-refractivity contribution in [3.05, 3.63) is 58.6 Å². The monoisotopic (exact) mass is 299 g/mol. The van der Waals surface area contributed by atoms with E-state index in [0.717, 1.165) is 11.3 Å². The molecule has 0 spiro atoms. The molecule has 0 unspecified atom stereocenters. The van der Waals surface area contributed by atoms with Gasteiger partial charge in [-0.05, 0) is 42.8 Å². The zero-order valence-electron chi connectivity index (χ0n) is 11.5. The molecule has 0 saturated heterocycles. The molecule has 0 fully saturated rings. The molecular formula is C16H14ClN3O. The third-order valence-corrected chi connectivity index (χ3v) is 3.15. The van der Waals surface area contributed by atoms with Crippen molar-refractivity contribution in [2.45, 2.75) is 6.92 Å². The van der Waals surface area contributed by atoms with Gasteiger partial charge < -0.3 is 10.6 Å². The van der Waals surface area contributed by atoms with Crippen LogP contribution in [0.25, 0.3) is 0 Å². The van der Waals surface area contributed by atoms with Crippen LogP contribution in [0, 0.1) is 18.3 Å². The average molecular weight is 300 g/mol. The molecule has 0 atom stereocenters. The fraction of sp³-hybridized carbons (Fsp3) is 0.125. The average Bonchev–Trinajstić information content (AvgIpc) is 2.46. The lowest BCUT2D eigenvalue weighted by Crippen LogP contribution is -2.22. The molecule has 2 N–H and O–H groups in total. The van der Waals surface area contributed by atoms with E-state index in [1.54, 1.807) is 36.4 Å². The molecular weight excluding hydrogens is 286 g/mol. The minimum absolute atomic E-state index is 0.113. The van der Waals surface area contributed by atoms with Crippen molar-refractivity contribution in [3.8, 4) is 6.07 Å². The first-order chi connectivity index (χ1) is 10.1. The van der Waals surface area contributed by atoms with Crippen LogP contribution >= 0.6 is 11.6 Å². The van der Waals surface area contributed by atoms with Gasteiger partial charge in [0, 0.05) is 16.4 Å². The van der Waals surface area contributed by atoms with Gasteiger partial charge in [0.2, 0.25) is 5.91 Å². The summed E-state index contributed by atoms with van der Waals surface area (Å²) in [6.07, 6.45) is 0. The smallest absolute Gasteiger partial charge is 0.243 e. The van der Waals surface area contributed by atoms with Crippen LogP contribution < -0.4 is 10.6 Å². The summed E-state index contributed by atoms with van der Waals surface area (Å²) in [5.41, 5.74) is 2.95. The van der Waals surface area contributed by atoms with Crippen molar-refractivity contribution in [1.29, 1.82) is 5.26 Å². The Kier molecular flexibility index (Phi) is 4.81. The van der Waals surface area contributed by atoms with Crippen molar-refractivity contribution in [2.24, 2.45) is 0 Å². The van der Waals surface area contributed by atoms with E-state index >= 15 is 0 Å². The number of halogens is 1. The Labute approximate surface area is 128 Å². The maximum absolute atomic E-state index is 11.9. The van der Waals surface area contributed by atoms with Crippen molar-refractivity contribution in [1.82, 2.24) is 0 Å². The molecule has 2 rings (SSSR count). The number of hydrogen-bond acceptors (Lipinski definition) is 3. The van der Waals surface area contributed by atoms with Crippen molar-refractivity contribution in [3.63, 3.8) is 0 Å². The summed E-state index contributed by atoms with van der Waals surface area (Å²) in [4.78, 5) is 11.9. The number of anilines is 2. The lowest BCUT2D eigenvalue weighted by atomic mass is 10.1. The van der Waals surface area contributed by atoms with Gasteiger partial charge in [0.15, 0.2) is 0 Å². The van der Waals surface area contributed by atoms with Crippen LogP contribution in [0.4, 0.5) is 11.4 Å². The quantitative estimate of drug-likeness (QED) is 0.907. The largest absolute Gasteiger partial charge is 0.376 e. The van der Waals surface area contributed by atoms with Crippen LogP contribution in [0.1, 0.15) is 11.1 Å². The Morgan fingerprint density at radius 2 is 2.10 bits per heavy atom. The van der Waals surface area contributed by atoms with Crippen molar-refractivity contribution < 1.29 is 4.79 Å². The Hall–Kier alpha value is -2.51. The highest BCUT2D eigenvalue weighted by Crippen LogP contribution is 2.17. The van der Waals surface area contributed by atoms with E-state index in [1.807, 2.05) is 13.0 Å². The van der Waals surface area contributed by atoms with Gasteiger partial charge in [-0.3, -0.25) is 4.79 Å². The highest BCUT2D eigenvalue weighted by molar-refractivity contribution is 6.30. The van der Waals surface area contributed by atoms with Gasteiger partial charge in [0.1, 0.15) is 0 Å². The molecule has 0 aliphatic heterocycles. The molecule has 0 bridgehead atoms. The molecule has 2 aromatic carbocycles. The number of hydrogen-bond donors (Lipinski definition) is 2. The summed E-state index contributed by atoms with van der Waals surface area (Å²) >= 11 is 5.86. The number of amides is 1. The van der Waals surface area contributed by atoms with E-state index in [1.165, 1.54) is 0 Å². The first-order valence-corrected chi connectivity index (χ1v) is 6.76. The highest BCUT2D eigenvalue weighted by atomic mass is 35.5. The van der Waals surface area contributed by atoms with Gasteiger partial charge in [0.25, 0.3) is 0 Å². The number of carbonyl (C=O) groups is 1. The summed E-state index contributed by atoms with van der Waals surface area (Å²) in [5.74, 6) is -0.181. The summed E-state index contributed by atoms with van der Waals surface area (Å²) in [7, 11) is 0. The fourth-order valence-electron chi connectivity index (χ4n) is 1.83. The molecule has 0 heterocycles. The lowest BCUT2D eigenvalue weighted by Gasteiger charge is -2.10. The number of rotatable bonds is 4. The van der Waals surface area contributed by atoms with E-state index in [2.05, 4.69) is 16.7 Å². The van der Waals surface area contributed by atoms with Crippen LogP contribution in [0.3, 0.4) is 0 Å². The van der Waals surface area contributed by atoms with E-state index in [9.17, 15) is 4.79 Å². The third kappa shape index (κ3) is 4.23. The second-order valence-corrected chi connectivity index (χ2v) is 4.99. The van der Waals surface area contributed by atoms with Gasteiger partial charge in [0.05, 0.1) is 18.2 Å². The van der Waals surface area contributed by atoms with Crippen LogP contribution in [0.15, 0.2) is 42.5 Å². The van der Waals surface area contributed by atoms with Crippen LogP contribution in [0.5, 0.6) is 0 Å². The molecule has 21 heavy (non-hydrogen) atoms. The standard InChI is InChI=1S/C16H14ClN3O/c1-11-5-6-12(9-18)7-15(11)19-10-16(21)20-14-4-2-3-13(17)8-14/h2-8,19H,10H2,1H3,(H,20,21). The van der Waals surface area contributed by atoms with Gasteiger partial charge >= 0.3 is 0 Å². The zero-order chi connectivity index (χ0) is 15.2. The molecule has 0 aliphatic carbocycles. The maximum atomic E-state index is 11.9. The summed E-state index contributed by atoms with van der Waals surface area (Å²) in [6, 6.07) is 14.3. The van der Waals surface area contributed by atoms with E-state index in [-0.39, 0.29) is 12.5 Å². The lowest BCUT2D eigenvalue weighted by molar-refractivity contribution is -0.114. The number of nitrogens with one attached hydrogen (secondary N) is 2. The van der Waals surface area contributed by atoms with Gasteiger partial charge in [-0.1, -0.05) is 23.7 Å². The minimum Gasteiger partial charge on any atom is -0.376 e. The second kappa shape index (κ2) is 6.78. The number of benzene rings is 2. The van der Waals surface area contributed by atoms with E-state index < -0.39 is 0 Å². The molecule has 4 nitrogen and oxygen atoms in total. The first-order valence-electron chi connectivity index (χ1n) is 6.38. The number of nitriles is 1. The number of nitrogens with zero attached hydrogens (tertiary/aromatic N) is 1. The van der Waals surface area contributed by atoms with Crippen LogP contribution in [0.2, 0.25) is 5.02 Å². The van der Waals surface area contributed by atoms with E-state index in [4.69, 9.17) is 16.9 Å². The predicted molar refractivity (Wildman–Crippen MR) is 84.5 cm³/mol. The van der Waals surface area contributed by atoms with Gasteiger partial charge in [-0.2, -0.15) is 5.26 Å². The Morgan fingerprint density at radius 1 is 1.29 bits per heavy atom. The SMILES string of the molecule is Cc1ccc(C#N)cc1NCC(=O)Nc1cccc(Cl)c1. The minimum atomic E-state index is -0.181. The van der Waals surface area contributed by atoms with Gasteiger partial charge in [-0.15, -0.1) is 0 Å². The van der Waals surface area contributed by atoms with E-state index in [0.29, 0.717) is 16.3 Å². The molecule has 0 aliphatic rings. The Morgan fingerprint density at radius 3 is 2.81 bits per heavy atom. The maximum Gasteiger partial charge on any atom is 0.243 e. The van der Waals surface area contributed by atoms with Crippen LogP contribution in [-0.2, 0) is 4.79 Å². The summed E-state index contributed by atoms with van der Waals surface area (Å²) < 4.78 is 0. The number of aryl methyl sites for hydroxylation is 1. The Balaban J connectivity index is 1.97. The van der Waals surface area contributed by atoms with Gasteiger partial charge in [-0.25, -0.2) is 0 Å². The summed E-state index contributed by atoms with van der Waals surface area (Å²) in [5, 5.41) is 15.2. The zero-order valence-corrected chi connectivity index (χ0v) is 12.2. The molecule has 0 saturated carbocycles. The van der Waals surface area contributed by atoms with Crippen LogP contribution in [-0.4, -0.2) is 12.5 Å². The third-order valence-electron chi connectivity index (χ3n) is 2.91. The topological polar surface area (TPSA) is 64.9 Å². The molecule has 0 radical (unpaired) electrons. The number of carbonyl (C=O) groups excluding carboxylic acids is 1.